The third-order valence-corrected chi connectivity index (χ3v) is 11.9. The number of rotatable bonds is 6. The van der Waals surface area contributed by atoms with Crippen LogP contribution in [-0.4, -0.2) is 19.5 Å². The van der Waals surface area contributed by atoms with E-state index in [-0.39, 0.29) is 0 Å². The number of hydrogen-bond donors (Lipinski definition) is 0. The predicted molar refractivity (Wildman–Crippen MR) is 234 cm³/mol. The summed E-state index contributed by atoms with van der Waals surface area (Å²) in [6.07, 6.45) is 0. The van der Waals surface area contributed by atoms with E-state index in [1.807, 2.05) is 6.07 Å². The monoisotopic (exact) mass is 732 g/mol. The molecule has 3 aromatic heterocycles. The van der Waals surface area contributed by atoms with Crippen molar-refractivity contribution < 1.29 is 0 Å². The zero-order valence-corrected chi connectivity index (χ0v) is 31.0. The molecule has 0 aliphatic heterocycles. The van der Waals surface area contributed by atoms with Crippen molar-refractivity contribution in [2.24, 2.45) is 0 Å². The van der Waals surface area contributed by atoms with Crippen molar-refractivity contribution in [1.29, 1.82) is 0 Å². The SMILES string of the molecule is c1ccc(-c2cccc(-c3nc(-c4ccc(-c5ccccc5)cc4-n4c5ccccc5c5ccccc54)nc(-c4cccc5c4sc4ccccc45)n3)c2)cc1. The lowest BCUT2D eigenvalue weighted by Gasteiger charge is -2.16. The molecule has 0 aliphatic rings. The van der Waals surface area contributed by atoms with E-state index < -0.39 is 0 Å². The van der Waals surface area contributed by atoms with Crippen LogP contribution in [0.15, 0.2) is 194 Å². The van der Waals surface area contributed by atoms with Crippen molar-refractivity contribution in [2.75, 3.05) is 0 Å². The van der Waals surface area contributed by atoms with Crippen LogP contribution < -0.4 is 0 Å². The van der Waals surface area contributed by atoms with Gasteiger partial charge in [0.1, 0.15) is 0 Å². The maximum Gasteiger partial charge on any atom is 0.166 e. The summed E-state index contributed by atoms with van der Waals surface area (Å²) in [7, 11) is 0. The second-order valence-electron chi connectivity index (χ2n) is 14.0. The average Bonchev–Trinajstić information content (AvgIpc) is 3.83. The molecule has 11 rings (SSSR count). The highest BCUT2D eigenvalue weighted by Gasteiger charge is 2.21. The molecule has 0 saturated carbocycles. The maximum atomic E-state index is 5.40. The fourth-order valence-corrected chi connectivity index (χ4v) is 9.25. The highest BCUT2D eigenvalue weighted by Crippen LogP contribution is 2.41. The minimum Gasteiger partial charge on any atom is -0.308 e. The number of thiophene rings is 1. The zero-order valence-electron chi connectivity index (χ0n) is 30.2. The Balaban J connectivity index is 1.21. The first-order chi connectivity index (χ1) is 27.8. The van der Waals surface area contributed by atoms with E-state index in [0.717, 1.165) is 60.4 Å². The molecule has 0 radical (unpaired) electrons. The van der Waals surface area contributed by atoms with Gasteiger partial charge in [0.05, 0.1) is 16.7 Å². The molecule has 0 unspecified atom stereocenters. The molecule has 11 aromatic rings. The van der Waals surface area contributed by atoms with Gasteiger partial charge in [-0.25, -0.2) is 15.0 Å². The summed E-state index contributed by atoms with van der Waals surface area (Å²) in [6.45, 7) is 0. The minimum atomic E-state index is 0.615. The number of nitrogens with zero attached hydrogens (tertiary/aromatic N) is 4. The molecule has 0 fully saturated rings. The van der Waals surface area contributed by atoms with Crippen molar-refractivity contribution in [2.45, 2.75) is 0 Å². The van der Waals surface area contributed by atoms with E-state index in [4.69, 9.17) is 15.0 Å². The Morgan fingerprint density at radius 2 is 0.857 bits per heavy atom. The van der Waals surface area contributed by atoms with Crippen LogP contribution >= 0.6 is 11.3 Å². The van der Waals surface area contributed by atoms with Gasteiger partial charge in [0.25, 0.3) is 0 Å². The quantitative estimate of drug-likeness (QED) is 0.171. The third kappa shape index (κ3) is 5.40. The van der Waals surface area contributed by atoms with Gasteiger partial charge >= 0.3 is 0 Å². The lowest BCUT2D eigenvalue weighted by molar-refractivity contribution is 1.07. The fraction of sp³-hybridized carbons (Fsp3) is 0. The second kappa shape index (κ2) is 13.3. The van der Waals surface area contributed by atoms with Crippen LogP contribution in [0.4, 0.5) is 0 Å². The molecule has 0 spiro atoms. The summed E-state index contributed by atoms with van der Waals surface area (Å²) in [6, 6.07) is 68.5. The number of aromatic nitrogens is 4. The smallest absolute Gasteiger partial charge is 0.166 e. The van der Waals surface area contributed by atoms with Crippen LogP contribution in [0.3, 0.4) is 0 Å². The normalized spacial score (nSPS) is 11.6. The molecular weight excluding hydrogens is 701 g/mol. The van der Waals surface area contributed by atoms with Gasteiger partial charge in [-0.15, -0.1) is 11.3 Å². The van der Waals surface area contributed by atoms with Crippen LogP contribution in [0.5, 0.6) is 0 Å². The Hall–Kier alpha value is -7.21. The summed E-state index contributed by atoms with van der Waals surface area (Å²) < 4.78 is 4.78. The van der Waals surface area contributed by atoms with Crippen molar-refractivity contribution in [3.8, 4) is 62.1 Å². The van der Waals surface area contributed by atoms with Crippen LogP contribution in [0.1, 0.15) is 0 Å². The molecule has 0 saturated heterocycles. The van der Waals surface area contributed by atoms with Crippen molar-refractivity contribution in [3.63, 3.8) is 0 Å². The Labute approximate surface area is 327 Å². The highest BCUT2D eigenvalue weighted by atomic mass is 32.1. The summed E-state index contributed by atoms with van der Waals surface area (Å²) in [5.74, 6) is 1.89. The van der Waals surface area contributed by atoms with Gasteiger partial charge in [0, 0.05) is 47.6 Å². The molecular formula is C51H32N4S. The topological polar surface area (TPSA) is 43.6 Å². The van der Waals surface area contributed by atoms with E-state index in [1.54, 1.807) is 11.3 Å². The highest BCUT2D eigenvalue weighted by molar-refractivity contribution is 7.26. The molecule has 262 valence electrons. The van der Waals surface area contributed by atoms with Gasteiger partial charge in [-0.1, -0.05) is 152 Å². The maximum absolute atomic E-state index is 5.40. The van der Waals surface area contributed by atoms with Gasteiger partial charge in [0.2, 0.25) is 0 Å². The van der Waals surface area contributed by atoms with Crippen LogP contribution in [0.25, 0.3) is 104 Å². The van der Waals surface area contributed by atoms with Crippen molar-refractivity contribution >= 4 is 53.3 Å². The first-order valence-electron chi connectivity index (χ1n) is 18.8. The molecule has 0 N–H and O–H groups in total. The van der Waals surface area contributed by atoms with Crippen LogP contribution in [0.2, 0.25) is 0 Å². The molecule has 0 aliphatic carbocycles. The van der Waals surface area contributed by atoms with Crippen LogP contribution in [0, 0.1) is 0 Å². The van der Waals surface area contributed by atoms with Crippen molar-refractivity contribution in [3.05, 3.63) is 194 Å². The number of para-hydroxylation sites is 2. The number of benzene rings is 8. The van der Waals surface area contributed by atoms with E-state index in [0.29, 0.717) is 17.5 Å². The van der Waals surface area contributed by atoms with E-state index in [2.05, 4.69) is 193 Å². The molecule has 0 bridgehead atoms. The largest absolute Gasteiger partial charge is 0.308 e. The summed E-state index contributed by atoms with van der Waals surface area (Å²) in [4.78, 5) is 16.1. The molecule has 8 aromatic carbocycles. The van der Waals surface area contributed by atoms with Gasteiger partial charge < -0.3 is 4.57 Å². The molecule has 5 heteroatoms. The standard InChI is InChI=1S/C51H32N4S/c1-3-15-33(16-4-1)35-19-13-20-37(31-35)49-52-50(54-51(53-49)43-25-14-24-41-40-23-9-12-28-47(40)56-48(41)43)42-30-29-36(34-17-5-2-6-18-34)32-46(42)55-44-26-10-7-21-38(44)39-22-8-11-27-45(39)55/h1-32H. The molecule has 56 heavy (non-hydrogen) atoms. The Morgan fingerprint density at radius 1 is 0.339 bits per heavy atom. The van der Waals surface area contributed by atoms with Gasteiger partial charge in [-0.2, -0.15) is 0 Å². The first kappa shape index (κ1) is 32.2. The zero-order chi connectivity index (χ0) is 37.0. The molecule has 0 amide bonds. The number of hydrogen-bond acceptors (Lipinski definition) is 4. The van der Waals surface area contributed by atoms with Crippen molar-refractivity contribution in [1.82, 2.24) is 19.5 Å². The predicted octanol–water partition coefficient (Wildman–Crippen LogP) is 13.7. The van der Waals surface area contributed by atoms with Crippen LogP contribution in [-0.2, 0) is 0 Å². The second-order valence-corrected chi connectivity index (χ2v) is 15.1. The lowest BCUT2D eigenvalue weighted by atomic mass is 10.0. The van der Waals surface area contributed by atoms with Gasteiger partial charge in [0.15, 0.2) is 17.5 Å². The van der Waals surface area contributed by atoms with E-state index in [1.165, 1.54) is 26.2 Å². The van der Waals surface area contributed by atoms with E-state index >= 15 is 0 Å². The lowest BCUT2D eigenvalue weighted by Crippen LogP contribution is -2.04. The fourth-order valence-electron chi connectivity index (χ4n) is 8.04. The summed E-state index contributed by atoms with van der Waals surface area (Å²) in [5, 5.41) is 4.84. The minimum absolute atomic E-state index is 0.615. The molecule has 3 heterocycles. The Bertz CT molecular complexity index is 3200. The molecule has 4 nitrogen and oxygen atoms in total. The Morgan fingerprint density at radius 3 is 1.57 bits per heavy atom. The first-order valence-corrected chi connectivity index (χ1v) is 19.6. The summed E-state index contributed by atoms with van der Waals surface area (Å²) >= 11 is 1.79. The number of fused-ring (bicyclic) bond motifs is 6. The average molecular weight is 733 g/mol. The van der Waals surface area contributed by atoms with Gasteiger partial charge in [-0.3, -0.25) is 0 Å². The van der Waals surface area contributed by atoms with E-state index in [9.17, 15) is 0 Å². The molecule has 0 atom stereocenters. The van der Waals surface area contributed by atoms with Gasteiger partial charge in [-0.05, 0) is 64.7 Å². The summed E-state index contributed by atoms with van der Waals surface area (Å²) in [5.41, 5.74) is 10.6. The third-order valence-electron chi connectivity index (χ3n) is 10.7. The Kier molecular flexibility index (Phi) is 7.64.